The third kappa shape index (κ3) is 5.50. The Labute approximate surface area is 105 Å². The van der Waals surface area contributed by atoms with E-state index in [2.05, 4.69) is 19.2 Å². The smallest absolute Gasteiger partial charge is 0.224 e. The lowest BCUT2D eigenvalue weighted by Crippen LogP contribution is -2.42. The molecule has 1 amide bonds. The molecule has 0 heterocycles. The molecular weight excluding hydrogens is 216 g/mol. The fourth-order valence-corrected chi connectivity index (χ4v) is 2.02. The Morgan fingerprint density at radius 2 is 1.82 bits per heavy atom. The van der Waals surface area contributed by atoms with Crippen LogP contribution in [0.15, 0.2) is 0 Å². The predicted molar refractivity (Wildman–Crippen MR) is 70.5 cm³/mol. The molecule has 0 saturated carbocycles. The molecule has 2 atom stereocenters. The van der Waals surface area contributed by atoms with Crippen LogP contribution in [-0.2, 0) is 4.79 Å². The number of aliphatic hydroxyl groups excluding tert-OH is 1. The minimum absolute atomic E-state index is 0.0486. The Hall–Kier alpha value is -0.610. The molecule has 4 nitrogen and oxygen atoms in total. The van der Waals surface area contributed by atoms with Gasteiger partial charge in [0.15, 0.2) is 0 Å². The molecule has 0 aliphatic carbocycles. The van der Waals surface area contributed by atoms with Gasteiger partial charge in [0, 0.05) is 13.1 Å². The van der Waals surface area contributed by atoms with E-state index in [1.807, 2.05) is 13.8 Å². The van der Waals surface area contributed by atoms with Gasteiger partial charge in [-0.2, -0.15) is 0 Å². The lowest BCUT2D eigenvalue weighted by molar-refractivity contribution is -0.126. The van der Waals surface area contributed by atoms with Crippen LogP contribution in [0.1, 0.15) is 40.5 Å². The van der Waals surface area contributed by atoms with Gasteiger partial charge in [0.1, 0.15) is 0 Å². The van der Waals surface area contributed by atoms with Gasteiger partial charge in [0.2, 0.25) is 5.91 Å². The van der Waals surface area contributed by atoms with Gasteiger partial charge in [0.05, 0.1) is 12.0 Å². The standard InChI is InChI=1S/C13H28N2O2/c1-5-10(6-2)12(16)8-15-13(17)11(7-14)9(3)4/h9-12,16H,5-8,14H2,1-4H3,(H,15,17). The average molecular weight is 244 g/mol. The third-order valence-electron chi connectivity index (χ3n) is 3.47. The van der Waals surface area contributed by atoms with Gasteiger partial charge in [-0.25, -0.2) is 0 Å². The van der Waals surface area contributed by atoms with Crippen molar-refractivity contribution in [2.45, 2.75) is 46.6 Å². The number of nitrogens with one attached hydrogen (secondary N) is 1. The summed E-state index contributed by atoms with van der Waals surface area (Å²) >= 11 is 0. The zero-order valence-electron chi connectivity index (χ0n) is 11.6. The number of amides is 1. The molecule has 0 aromatic carbocycles. The molecule has 0 radical (unpaired) electrons. The fraction of sp³-hybridized carbons (Fsp3) is 0.923. The van der Waals surface area contributed by atoms with E-state index >= 15 is 0 Å². The van der Waals surface area contributed by atoms with Crippen LogP contribution in [0.5, 0.6) is 0 Å². The lowest BCUT2D eigenvalue weighted by atomic mass is 9.94. The maximum absolute atomic E-state index is 11.8. The zero-order chi connectivity index (χ0) is 13.4. The second-order valence-electron chi connectivity index (χ2n) is 4.98. The van der Waals surface area contributed by atoms with Crippen molar-refractivity contribution in [1.29, 1.82) is 0 Å². The molecule has 0 aromatic rings. The molecule has 0 aromatic heterocycles. The quantitative estimate of drug-likeness (QED) is 0.599. The Kier molecular flexibility index (Phi) is 8.17. The molecular formula is C13H28N2O2. The average Bonchev–Trinajstić information content (AvgIpc) is 2.28. The normalized spacial score (nSPS) is 15.1. The number of carbonyl (C=O) groups excluding carboxylic acids is 1. The molecule has 2 unspecified atom stereocenters. The van der Waals surface area contributed by atoms with Crippen molar-refractivity contribution < 1.29 is 9.90 Å². The molecule has 0 spiro atoms. The highest BCUT2D eigenvalue weighted by Gasteiger charge is 2.22. The molecule has 4 heteroatoms. The third-order valence-corrected chi connectivity index (χ3v) is 3.47. The first-order chi connectivity index (χ1) is 7.97. The van der Waals surface area contributed by atoms with Crippen molar-refractivity contribution in [1.82, 2.24) is 5.32 Å². The molecule has 0 saturated heterocycles. The topological polar surface area (TPSA) is 75.3 Å². The van der Waals surface area contributed by atoms with E-state index in [0.29, 0.717) is 13.1 Å². The van der Waals surface area contributed by atoms with Gasteiger partial charge in [-0.15, -0.1) is 0 Å². The first-order valence-electron chi connectivity index (χ1n) is 6.63. The van der Waals surface area contributed by atoms with Crippen LogP contribution in [0.4, 0.5) is 0 Å². The van der Waals surface area contributed by atoms with E-state index in [4.69, 9.17) is 5.73 Å². The summed E-state index contributed by atoms with van der Waals surface area (Å²) in [7, 11) is 0. The number of hydrogen-bond acceptors (Lipinski definition) is 3. The summed E-state index contributed by atoms with van der Waals surface area (Å²) in [6.45, 7) is 8.74. The minimum atomic E-state index is -0.459. The van der Waals surface area contributed by atoms with E-state index in [-0.39, 0.29) is 23.7 Å². The van der Waals surface area contributed by atoms with Gasteiger partial charge in [-0.1, -0.05) is 40.5 Å². The van der Waals surface area contributed by atoms with Gasteiger partial charge >= 0.3 is 0 Å². The van der Waals surface area contributed by atoms with Crippen LogP contribution in [0.2, 0.25) is 0 Å². The van der Waals surface area contributed by atoms with Gasteiger partial charge in [-0.05, 0) is 11.8 Å². The predicted octanol–water partition coefficient (Wildman–Crippen LogP) is 1.13. The molecule has 0 bridgehead atoms. The fourth-order valence-electron chi connectivity index (χ4n) is 2.02. The summed E-state index contributed by atoms with van der Waals surface area (Å²) in [5, 5.41) is 12.7. The van der Waals surface area contributed by atoms with Gasteiger partial charge in [0.25, 0.3) is 0 Å². The molecule has 0 aliphatic heterocycles. The van der Waals surface area contributed by atoms with Crippen molar-refractivity contribution in [2.75, 3.05) is 13.1 Å². The Morgan fingerprint density at radius 3 is 2.18 bits per heavy atom. The Morgan fingerprint density at radius 1 is 1.29 bits per heavy atom. The van der Waals surface area contributed by atoms with Crippen LogP contribution in [-0.4, -0.2) is 30.2 Å². The molecule has 102 valence electrons. The number of aliphatic hydroxyl groups is 1. The highest BCUT2D eigenvalue weighted by atomic mass is 16.3. The molecule has 0 rings (SSSR count). The number of hydrogen-bond donors (Lipinski definition) is 3. The van der Waals surface area contributed by atoms with Gasteiger partial charge in [-0.3, -0.25) is 4.79 Å². The summed E-state index contributed by atoms with van der Waals surface area (Å²) < 4.78 is 0. The molecule has 17 heavy (non-hydrogen) atoms. The second-order valence-corrected chi connectivity index (χ2v) is 4.98. The SMILES string of the molecule is CCC(CC)C(O)CNC(=O)C(CN)C(C)C. The first kappa shape index (κ1) is 16.4. The molecule has 0 fully saturated rings. The Bertz CT molecular complexity index is 215. The van der Waals surface area contributed by atoms with Crippen molar-refractivity contribution in [3.63, 3.8) is 0 Å². The highest BCUT2D eigenvalue weighted by Crippen LogP contribution is 2.13. The molecule has 4 N–H and O–H groups in total. The van der Waals surface area contributed by atoms with E-state index in [1.54, 1.807) is 0 Å². The monoisotopic (exact) mass is 244 g/mol. The zero-order valence-corrected chi connectivity index (χ0v) is 11.6. The van der Waals surface area contributed by atoms with Crippen LogP contribution in [0.3, 0.4) is 0 Å². The first-order valence-corrected chi connectivity index (χ1v) is 6.63. The van der Waals surface area contributed by atoms with Crippen LogP contribution < -0.4 is 11.1 Å². The van der Waals surface area contributed by atoms with Crippen LogP contribution in [0, 0.1) is 17.8 Å². The Balaban J connectivity index is 4.14. The largest absolute Gasteiger partial charge is 0.391 e. The van der Waals surface area contributed by atoms with Crippen molar-refractivity contribution in [2.24, 2.45) is 23.5 Å². The molecule has 0 aliphatic rings. The minimum Gasteiger partial charge on any atom is -0.391 e. The van der Waals surface area contributed by atoms with Crippen molar-refractivity contribution >= 4 is 5.91 Å². The van der Waals surface area contributed by atoms with Crippen molar-refractivity contribution in [3.05, 3.63) is 0 Å². The maximum atomic E-state index is 11.8. The van der Waals surface area contributed by atoms with E-state index in [1.165, 1.54) is 0 Å². The van der Waals surface area contributed by atoms with Gasteiger partial charge < -0.3 is 16.2 Å². The summed E-state index contributed by atoms with van der Waals surface area (Å²) in [5.74, 6) is 0.271. The summed E-state index contributed by atoms with van der Waals surface area (Å²) in [5.41, 5.74) is 5.57. The summed E-state index contributed by atoms with van der Waals surface area (Å²) in [6, 6.07) is 0. The summed E-state index contributed by atoms with van der Waals surface area (Å²) in [4.78, 5) is 11.8. The van der Waals surface area contributed by atoms with E-state index in [0.717, 1.165) is 12.8 Å². The summed E-state index contributed by atoms with van der Waals surface area (Å²) in [6.07, 6.45) is 1.40. The second kappa shape index (κ2) is 8.48. The van der Waals surface area contributed by atoms with Crippen LogP contribution in [0.25, 0.3) is 0 Å². The number of rotatable bonds is 8. The maximum Gasteiger partial charge on any atom is 0.224 e. The van der Waals surface area contributed by atoms with E-state index in [9.17, 15) is 9.90 Å². The van der Waals surface area contributed by atoms with E-state index < -0.39 is 6.10 Å². The lowest BCUT2D eigenvalue weighted by Gasteiger charge is -2.23. The highest BCUT2D eigenvalue weighted by molar-refractivity contribution is 5.79. The van der Waals surface area contributed by atoms with Crippen molar-refractivity contribution in [3.8, 4) is 0 Å². The van der Waals surface area contributed by atoms with Crippen LogP contribution >= 0.6 is 0 Å². The number of carbonyl (C=O) groups is 1. The number of nitrogens with two attached hydrogens (primary N) is 1.